The Hall–Kier alpha value is -0.430. The number of hydrogen-bond acceptors (Lipinski definition) is 1. The van der Waals surface area contributed by atoms with E-state index in [2.05, 4.69) is 11.9 Å². The van der Waals surface area contributed by atoms with Gasteiger partial charge in [0.2, 0.25) is 0 Å². The number of halogens is 1. The molecule has 2 heteroatoms. The monoisotopic (exact) mass is 131 g/mol. The van der Waals surface area contributed by atoms with Gasteiger partial charge in [0.25, 0.3) is 0 Å². The first-order chi connectivity index (χ1) is 3.68. The summed E-state index contributed by atoms with van der Waals surface area (Å²) >= 11 is 5.61. The first-order valence-corrected chi connectivity index (χ1v) is 2.75. The minimum Gasteiger partial charge on any atom is -0.393 e. The van der Waals surface area contributed by atoms with Crippen molar-refractivity contribution in [2.75, 3.05) is 7.05 Å². The molecule has 8 heavy (non-hydrogen) atoms. The minimum absolute atomic E-state index is 0.674. The zero-order chi connectivity index (χ0) is 6.57. The van der Waals surface area contributed by atoms with Crippen LogP contribution in [0.1, 0.15) is 6.92 Å². The molecule has 0 aliphatic rings. The lowest BCUT2D eigenvalue weighted by molar-refractivity contribution is 1.09. The van der Waals surface area contributed by atoms with E-state index in [9.17, 15) is 0 Å². The predicted octanol–water partition coefficient (Wildman–Crippen LogP) is 1.86. The summed E-state index contributed by atoms with van der Waals surface area (Å²) in [6.07, 6.45) is 1.70. The fraction of sp³-hybridized carbons (Fsp3) is 0.333. The van der Waals surface area contributed by atoms with E-state index in [1.165, 1.54) is 0 Å². The van der Waals surface area contributed by atoms with Crippen LogP contribution in [-0.4, -0.2) is 7.05 Å². The zero-order valence-corrected chi connectivity index (χ0v) is 5.92. The Kier molecular flexibility index (Phi) is 3.37. The number of allylic oxidation sites excluding steroid dienone is 2. The smallest absolute Gasteiger partial charge is 0.0585 e. The van der Waals surface area contributed by atoms with Gasteiger partial charge in [0.1, 0.15) is 0 Å². The lowest BCUT2D eigenvalue weighted by Crippen LogP contribution is -1.93. The third-order valence-corrected chi connectivity index (χ3v) is 1.11. The van der Waals surface area contributed by atoms with Gasteiger partial charge >= 0.3 is 0 Å². The van der Waals surface area contributed by atoms with Gasteiger partial charge in [0.05, 0.1) is 5.03 Å². The van der Waals surface area contributed by atoms with Crippen LogP contribution in [0, 0.1) is 0 Å². The Labute approximate surface area is 55.0 Å². The predicted molar refractivity (Wildman–Crippen MR) is 37.8 cm³/mol. The second-order valence-corrected chi connectivity index (χ2v) is 1.97. The second kappa shape index (κ2) is 3.56. The molecule has 0 aromatic heterocycles. The molecule has 0 radical (unpaired) electrons. The lowest BCUT2D eigenvalue weighted by Gasteiger charge is -1.93. The minimum atomic E-state index is 0.674. The average Bonchev–Trinajstić information content (AvgIpc) is 1.67. The van der Waals surface area contributed by atoms with Gasteiger partial charge in [0, 0.05) is 13.2 Å². The molecule has 0 saturated carbocycles. The van der Waals surface area contributed by atoms with Crippen LogP contribution in [-0.2, 0) is 0 Å². The van der Waals surface area contributed by atoms with E-state index in [1.807, 2.05) is 6.92 Å². The van der Waals surface area contributed by atoms with Crippen LogP contribution >= 0.6 is 11.6 Å². The highest BCUT2D eigenvalue weighted by atomic mass is 35.5. The number of nitrogens with one attached hydrogen (secondary N) is 1. The third-order valence-electron chi connectivity index (χ3n) is 0.679. The van der Waals surface area contributed by atoms with E-state index in [0.717, 1.165) is 5.57 Å². The first kappa shape index (κ1) is 7.57. The van der Waals surface area contributed by atoms with Crippen molar-refractivity contribution in [2.45, 2.75) is 6.92 Å². The zero-order valence-electron chi connectivity index (χ0n) is 5.16. The van der Waals surface area contributed by atoms with Crippen molar-refractivity contribution >= 4 is 11.6 Å². The maximum Gasteiger partial charge on any atom is 0.0585 e. The van der Waals surface area contributed by atoms with E-state index in [0.29, 0.717) is 5.03 Å². The van der Waals surface area contributed by atoms with Crippen LogP contribution in [0.5, 0.6) is 0 Å². The summed E-state index contributed by atoms with van der Waals surface area (Å²) in [7, 11) is 1.80. The molecule has 0 aromatic rings. The van der Waals surface area contributed by atoms with Crippen LogP contribution < -0.4 is 5.32 Å². The van der Waals surface area contributed by atoms with Gasteiger partial charge in [-0.2, -0.15) is 0 Å². The summed E-state index contributed by atoms with van der Waals surface area (Å²) in [4.78, 5) is 0. The third kappa shape index (κ3) is 2.69. The normalized spacial score (nSPS) is 11.1. The quantitative estimate of drug-likeness (QED) is 0.565. The molecular formula is C6H10ClN. The van der Waals surface area contributed by atoms with Crippen molar-refractivity contribution in [2.24, 2.45) is 0 Å². The SMILES string of the molecule is C=C(C)/C(Cl)=C\NC. The van der Waals surface area contributed by atoms with Crippen LogP contribution in [0.25, 0.3) is 0 Å². The van der Waals surface area contributed by atoms with E-state index in [1.54, 1.807) is 13.2 Å². The molecule has 0 spiro atoms. The maximum absolute atomic E-state index is 5.61. The van der Waals surface area contributed by atoms with Crippen molar-refractivity contribution in [3.63, 3.8) is 0 Å². The maximum atomic E-state index is 5.61. The Morgan fingerprint density at radius 1 is 1.75 bits per heavy atom. The molecule has 0 unspecified atom stereocenters. The fourth-order valence-electron chi connectivity index (χ4n) is 0.250. The van der Waals surface area contributed by atoms with Gasteiger partial charge in [-0.25, -0.2) is 0 Å². The summed E-state index contributed by atoms with van der Waals surface area (Å²) in [6.45, 7) is 5.49. The van der Waals surface area contributed by atoms with Crippen LogP contribution in [0.2, 0.25) is 0 Å². The average molecular weight is 132 g/mol. The Morgan fingerprint density at radius 2 is 2.25 bits per heavy atom. The molecule has 0 amide bonds. The van der Waals surface area contributed by atoms with Gasteiger partial charge in [0.15, 0.2) is 0 Å². The molecular weight excluding hydrogens is 122 g/mol. The Morgan fingerprint density at radius 3 is 2.38 bits per heavy atom. The molecule has 0 aliphatic carbocycles. The molecule has 46 valence electrons. The van der Waals surface area contributed by atoms with E-state index in [-0.39, 0.29) is 0 Å². The number of rotatable bonds is 2. The molecule has 0 aromatic carbocycles. The highest BCUT2D eigenvalue weighted by Crippen LogP contribution is 2.08. The van der Waals surface area contributed by atoms with E-state index in [4.69, 9.17) is 11.6 Å². The van der Waals surface area contributed by atoms with E-state index >= 15 is 0 Å². The van der Waals surface area contributed by atoms with Crippen LogP contribution in [0.3, 0.4) is 0 Å². The Balaban J connectivity index is 3.80. The molecule has 0 rings (SSSR count). The topological polar surface area (TPSA) is 12.0 Å². The summed E-state index contributed by atoms with van der Waals surface area (Å²) in [5, 5.41) is 3.47. The summed E-state index contributed by atoms with van der Waals surface area (Å²) in [5.41, 5.74) is 0.876. The highest BCUT2D eigenvalue weighted by Gasteiger charge is 1.87. The van der Waals surface area contributed by atoms with Crippen LogP contribution in [0.4, 0.5) is 0 Å². The van der Waals surface area contributed by atoms with Gasteiger partial charge in [-0.15, -0.1) is 0 Å². The van der Waals surface area contributed by atoms with Gasteiger partial charge in [-0.05, 0) is 12.5 Å². The van der Waals surface area contributed by atoms with Gasteiger partial charge in [-0.1, -0.05) is 18.2 Å². The van der Waals surface area contributed by atoms with Crippen molar-refractivity contribution in [1.82, 2.24) is 5.32 Å². The Bertz CT molecular complexity index is 116. The van der Waals surface area contributed by atoms with Crippen molar-refractivity contribution in [3.05, 3.63) is 23.4 Å². The van der Waals surface area contributed by atoms with Crippen molar-refractivity contribution < 1.29 is 0 Å². The fourth-order valence-corrected chi connectivity index (χ4v) is 0.359. The summed E-state index contributed by atoms with van der Waals surface area (Å²) in [5.74, 6) is 0. The standard InChI is InChI=1S/C6H10ClN/c1-5(2)6(7)4-8-3/h4,8H,1H2,2-3H3/b6-4+. The van der Waals surface area contributed by atoms with Gasteiger partial charge in [-0.3, -0.25) is 0 Å². The summed E-state index contributed by atoms with van der Waals surface area (Å²) in [6, 6.07) is 0. The highest BCUT2D eigenvalue weighted by molar-refractivity contribution is 6.31. The lowest BCUT2D eigenvalue weighted by atomic mass is 10.3. The molecule has 0 saturated heterocycles. The second-order valence-electron chi connectivity index (χ2n) is 1.56. The van der Waals surface area contributed by atoms with Crippen LogP contribution in [0.15, 0.2) is 23.4 Å². The molecule has 0 aliphatic heterocycles. The molecule has 1 N–H and O–H groups in total. The largest absolute Gasteiger partial charge is 0.393 e. The molecule has 0 fully saturated rings. The first-order valence-electron chi connectivity index (χ1n) is 2.37. The molecule has 0 heterocycles. The molecule has 0 atom stereocenters. The number of hydrogen-bond donors (Lipinski definition) is 1. The summed E-state index contributed by atoms with van der Waals surface area (Å²) < 4.78 is 0. The van der Waals surface area contributed by atoms with Crippen molar-refractivity contribution in [1.29, 1.82) is 0 Å². The van der Waals surface area contributed by atoms with Gasteiger partial charge < -0.3 is 5.32 Å². The molecule has 0 bridgehead atoms. The van der Waals surface area contributed by atoms with Crippen molar-refractivity contribution in [3.8, 4) is 0 Å². The molecule has 1 nitrogen and oxygen atoms in total. The van der Waals surface area contributed by atoms with E-state index < -0.39 is 0 Å².